The molecule has 3 N–H and O–H groups in total. The third-order valence-corrected chi connectivity index (χ3v) is 6.31. The largest absolute Gasteiger partial charge is 0.434 e. The van der Waals surface area contributed by atoms with Crippen LogP contribution in [0.25, 0.3) is 11.5 Å². The summed E-state index contributed by atoms with van der Waals surface area (Å²) in [6.07, 6.45) is -4.00. The van der Waals surface area contributed by atoms with Gasteiger partial charge in [-0.2, -0.15) is 13.2 Å². The van der Waals surface area contributed by atoms with Gasteiger partial charge >= 0.3 is 6.18 Å². The molecule has 34 heavy (non-hydrogen) atoms. The molecule has 0 unspecified atom stereocenters. The van der Waals surface area contributed by atoms with Gasteiger partial charge in [0.1, 0.15) is 17.3 Å². The van der Waals surface area contributed by atoms with Crippen molar-refractivity contribution in [3.8, 4) is 11.5 Å². The maximum atomic E-state index is 13.7. The molecule has 2 aromatic heterocycles. The lowest BCUT2D eigenvalue weighted by Crippen LogP contribution is -2.33. The molecule has 6 nitrogen and oxygen atoms in total. The van der Waals surface area contributed by atoms with Crippen LogP contribution in [0.4, 0.5) is 42.4 Å². The van der Waals surface area contributed by atoms with E-state index in [0.717, 1.165) is 6.20 Å². The van der Waals surface area contributed by atoms with E-state index in [4.69, 9.17) is 5.73 Å². The van der Waals surface area contributed by atoms with Crippen LogP contribution >= 0.6 is 0 Å². The predicted octanol–water partition coefficient (Wildman–Crippen LogP) is 5.82. The lowest BCUT2D eigenvalue weighted by Gasteiger charge is -2.32. The fourth-order valence-electron chi connectivity index (χ4n) is 4.43. The summed E-state index contributed by atoms with van der Waals surface area (Å²) in [5, 5.41) is 3.08. The molecule has 186 valence electrons. The van der Waals surface area contributed by atoms with E-state index in [1.165, 1.54) is 0 Å². The first-order valence-corrected chi connectivity index (χ1v) is 10.9. The zero-order chi connectivity index (χ0) is 24.7. The summed E-state index contributed by atoms with van der Waals surface area (Å²) in [5.74, 6) is -6.13. The lowest BCUT2D eigenvalue weighted by atomic mass is 9.82. The molecule has 0 radical (unpaired) electrons. The lowest BCUT2D eigenvalue weighted by molar-refractivity contribution is -0.141. The highest BCUT2D eigenvalue weighted by Gasteiger charge is 2.39. The molecule has 0 amide bonds. The monoisotopic (exact) mass is 492 g/mol. The van der Waals surface area contributed by atoms with Gasteiger partial charge in [-0.05, 0) is 31.6 Å². The minimum atomic E-state index is -4.74. The predicted molar refractivity (Wildman–Crippen MR) is 109 cm³/mol. The van der Waals surface area contributed by atoms with E-state index < -0.39 is 35.7 Å². The van der Waals surface area contributed by atoms with Gasteiger partial charge in [0.15, 0.2) is 11.5 Å². The van der Waals surface area contributed by atoms with Gasteiger partial charge in [-0.1, -0.05) is 0 Å². The van der Waals surface area contributed by atoms with Crippen LogP contribution in [0.15, 0.2) is 12.4 Å². The minimum absolute atomic E-state index is 0.0805. The molecule has 0 aromatic carbocycles. The molecule has 2 heterocycles. The van der Waals surface area contributed by atoms with Crippen molar-refractivity contribution >= 4 is 11.6 Å². The Morgan fingerprint density at radius 3 is 2.03 bits per heavy atom. The van der Waals surface area contributed by atoms with Gasteiger partial charge < -0.3 is 11.1 Å². The molecule has 2 aliphatic rings. The fraction of sp³-hybridized carbons (Fsp3) is 0.619. The van der Waals surface area contributed by atoms with Gasteiger partial charge in [-0.15, -0.1) is 0 Å². The summed E-state index contributed by atoms with van der Waals surface area (Å²) < 4.78 is 93.8. The molecule has 4 rings (SSSR count). The average molecular weight is 492 g/mol. The number of alkyl halides is 7. The van der Waals surface area contributed by atoms with Crippen molar-refractivity contribution in [3.63, 3.8) is 0 Å². The second-order valence-corrected chi connectivity index (χ2v) is 8.89. The Hall–Kier alpha value is -2.73. The Morgan fingerprint density at radius 1 is 0.853 bits per heavy atom. The standard InChI is InChI=1S/C21H23F7N6/c22-19(23)5-1-11(2-6-19)15-16(29)33-17(13-9-30-10-14(32-13)21(26,27)28)34-18(15)31-12-3-7-20(24,25)8-4-12/h9-12H,1-8H2,(H3,29,31,33,34). The molecular weight excluding hydrogens is 469 g/mol. The second kappa shape index (κ2) is 8.81. The SMILES string of the molecule is Nc1nc(-c2cncc(C(F)(F)F)n2)nc(NC2CCC(F)(F)CC2)c1C1CCC(F)(F)CC1. The van der Waals surface area contributed by atoms with Crippen LogP contribution in [0.5, 0.6) is 0 Å². The summed E-state index contributed by atoms with van der Waals surface area (Å²) in [4.78, 5) is 15.5. The maximum absolute atomic E-state index is 13.7. The maximum Gasteiger partial charge on any atom is 0.434 e. The fourth-order valence-corrected chi connectivity index (χ4v) is 4.43. The summed E-state index contributed by atoms with van der Waals surface area (Å²) in [7, 11) is 0. The Kier molecular flexibility index (Phi) is 6.32. The molecule has 0 atom stereocenters. The number of anilines is 2. The van der Waals surface area contributed by atoms with Crippen LogP contribution in [-0.4, -0.2) is 37.8 Å². The first-order valence-electron chi connectivity index (χ1n) is 10.9. The second-order valence-electron chi connectivity index (χ2n) is 8.89. The Labute approximate surface area is 190 Å². The zero-order valence-corrected chi connectivity index (χ0v) is 18.0. The highest BCUT2D eigenvalue weighted by molar-refractivity contribution is 5.64. The molecule has 2 fully saturated rings. The summed E-state index contributed by atoms with van der Waals surface area (Å²) in [6.45, 7) is 0. The molecule has 13 heteroatoms. The van der Waals surface area contributed by atoms with Crippen molar-refractivity contribution in [1.29, 1.82) is 0 Å². The van der Waals surface area contributed by atoms with E-state index in [0.29, 0.717) is 11.8 Å². The smallest absolute Gasteiger partial charge is 0.383 e. The summed E-state index contributed by atoms with van der Waals surface area (Å²) in [5.41, 5.74) is 5.02. The van der Waals surface area contributed by atoms with Gasteiger partial charge in [0.2, 0.25) is 11.8 Å². The Bertz CT molecular complexity index is 1020. The Morgan fingerprint density at radius 2 is 1.44 bits per heavy atom. The first-order chi connectivity index (χ1) is 15.8. The normalized spacial score (nSPS) is 21.4. The topological polar surface area (TPSA) is 89.6 Å². The highest BCUT2D eigenvalue weighted by Crippen LogP contribution is 2.45. The minimum Gasteiger partial charge on any atom is -0.383 e. The van der Waals surface area contributed by atoms with Crippen molar-refractivity contribution in [2.45, 2.75) is 81.3 Å². The number of nitrogens with one attached hydrogen (secondary N) is 1. The number of hydrogen-bond acceptors (Lipinski definition) is 6. The number of aromatic nitrogens is 4. The van der Waals surface area contributed by atoms with Crippen molar-refractivity contribution < 1.29 is 30.7 Å². The molecule has 0 saturated heterocycles. The van der Waals surface area contributed by atoms with Gasteiger partial charge in [0, 0.05) is 37.3 Å². The zero-order valence-electron chi connectivity index (χ0n) is 18.0. The van der Waals surface area contributed by atoms with E-state index in [9.17, 15) is 30.7 Å². The van der Waals surface area contributed by atoms with Gasteiger partial charge in [0.25, 0.3) is 0 Å². The molecular formula is C21H23F7N6. The van der Waals surface area contributed by atoms with E-state index in [1.54, 1.807) is 0 Å². The van der Waals surface area contributed by atoms with E-state index in [1.807, 2.05) is 0 Å². The van der Waals surface area contributed by atoms with Crippen LogP contribution in [0, 0.1) is 0 Å². The first kappa shape index (κ1) is 24.4. The molecule has 0 aliphatic heterocycles. The van der Waals surface area contributed by atoms with E-state index in [2.05, 4.69) is 25.3 Å². The number of hydrogen-bond donors (Lipinski definition) is 2. The quantitative estimate of drug-likeness (QED) is 0.523. The van der Waals surface area contributed by atoms with Crippen LogP contribution in [0.2, 0.25) is 0 Å². The molecule has 2 aliphatic carbocycles. The van der Waals surface area contributed by atoms with Gasteiger partial charge in [-0.3, -0.25) is 4.98 Å². The molecule has 2 aromatic rings. The van der Waals surface area contributed by atoms with Crippen molar-refractivity contribution in [3.05, 3.63) is 23.7 Å². The van der Waals surface area contributed by atoms with Crippen LogP contribution < -0.4 is 11.1 Å². The van der Waals surface area contributed by atoms with Crippen LogP contribution in [0.3, 0.4) is 0 Å². The number of nitrogen functional groups attached to an aromatic ring is 1. The molecule has 0 bridgehead atoms. The van der Waals surface area contributed by atoms with Gasteiger partial charge in [-0.25, -0.2) is 32.5 Å². The number of nitrogens with two attached hydrogens (primary N) is 1. The van der Waals surface area contributed by atoms with E-state index >= 15 is 0 Å². The summed E-state index contributed by atoms with van der Waals surface area (Å²) >= 11 is 0. The third-order valence-electron chi connectivity index (χ3n) is 6.31. The van der Waals surface area contributed by atoms with Crippen molar-refractivity contribution in [2.24, 2.45) is 0 Å². The van der Waals surface area contributed by atoms with E-state index in [-0.39, 0.29) is 74.5 Å². The molecule has 2 saturated carbocycles. The van der Waals surface area contributed by atoms with Crippen molar-refractivity contribution in [2.75, 3.05) is 11.1 Å². The average Bonchev–Trinajstić information content (AvgIpc) is 2.75. The highest BCUT2D eigenvalue weighted by atomic mass is 19.4. The number of halogens is 7. The third kappa shape index (κ3) is 5.49. The number of rotatable bonds is 4. The molecule has 0 spiro atoms. The summed E-state index contributed by atoms with van der Waals surface area (Å²) in [6, 6.07) is -0.391. The Balaban J connectivity index is 1.70. The van der Waals surface area contributed by atoms with Crippen LogP contribution in [-0.2, 0) is 6.18 Å². The number of nitrogens with zero attached hydrogens (tertiary/aromatic N) is 4. The van der Waals surface area contributed by atoms with Crippen molar-refractivity contribution in [1.82, 2.24) is 19.9 Å². The van der Waals surface area contributed by atoms with Gasteiger partial charge in [0.05, 0.1) is 12.4 Å². The van der Waals surface area contributed by atoms with Crippen LogP contribution in [0.1, 0.15) is 68.5 Å².